The van der Waals surface area contributed by atoms with Gasteiger partial charge in [-0.25, -0.2) is 9.78 Å². The SMILES string of the molecule is CCc1c(C(=O)O)ccnc1-c1cc(C)c2nc(C)n(Cc3ncc(C(F)(F)F)cc3Cl)c2c1. The summed E-state index contributed by atoms with van der Waals surface area (Å²) in [7, 11) is 0. The average Bonchev–Trinajstić information content (AvgIpc) is 3.09. The Kier molecular flexibility index (Phi) is 6.07. The number of fused-ring (bicyclic) bond motifs is 1. The van der Waals surface area contributed by atoms with Crippen molar-refractivity contribution in [3.05, 3.63) is 75.5 Å². The molecule has 0 spiro atoms. The molecule has 0 saturated heterocycles. The number of imidazole rings is 1. The minimum absolute atomic E-state index is 0.0898. The summed E-state index contributed by atoms with van der Waals surface area (Å²) in [6.07, 6.45) is -1.83. The Hall–Kier alpha value is -3.46. The van der Waals surface area contributed by atoms with Crippen LogP contribution in [0.25, 0.3) is 22.3 Å². The fraction of sp³-hybridized carbons (Fsp3) is 0.250. The van der Waals surface area contributed by atoms with Gasteiger partial charge in [0.1, 0.15) is 5.82 Å². The molecule has 0 aliphatic rings. The Morgan fingerprint density at radius 1 is 1.18 bits per heavy atom. The van der Waals surface area contributed by atoms with Crippen molar-refractivity contribution in [2.45, 2.75) is 39.9 Å². The third-order valence-electron chi connectivity index (χ3n) is 5.70. The van der Waals surface area contributed by atoms with Gasteiger partial charge in [-0.3, -0.25) is 9.97 Å². The highest BCUT2D eigenvalue weighted by molar-refractivity contribution is 6.31. The van der Waals surface area contributed by atoms with E-state index in [1.165, 1.54) is 12.3 Å². The van der Waals surface area contributed by atoms with Crippen LogP contribution in [-0.4, -0.2) is 30.6 Å². The Bertz CT molecular complexity index is 1430. The zero-order valence-corrected chi connectivity index (χ0v) is 19.3. The predicted octanol–water partition coefficient (Wildman–Crippen LogP) is 6.09. The van der Waals surface area contributed by atoms with Gasteiger partial charge in [0, 0.05) is 18.0 Å². The highest BCUT2D eigenvalue weighted by Crippen LogP contribution is 2.33. The van der Waals surface area contributed by atoms with Gasteiger partial charge in [0.25, 0.3) is 0 Å². The van der Waals surface area contributed by atoms with E-state index in [0.717, 1.165) is 34.4 Å². The lowest BCUT2D eigenvalue weighted by Gasteiger charge is -2.13. The first-order valence-corrected chi connectivity index (χ1v) is 10.8. The van der Waals surface area contributed by atoms with Crippen LogP contribution in [0.4, 0.5) is 13.2 Å². The number of carboxylic acids is 1. The number of rotatable bonds is 5. The molecule has 3 aromatic heterocycles. The van der Waals surface area contributed by atoms with Crippen LogP contribution in [0.2, 0.25) is 5.02 Å². The third kappa shape index (κ3) is 4.23. The Balaban J connectivity index is 1.85. The lowest BCUT2D eigenvalue weighted by molar-refractivity contribution is -0.137. The topological polar surface area (TPSA) is 80.9 Å². The maximum Gasteiger partial charge on any atom is 0.417 e. The van der Waals surface area contributed by atoms with Crippen molar-refractivity contribution in [3.63, 3.8) is 0 Å². The van der Waals surface area contributed by atoms with Gasteiger partial charge in [0.2, 0.25) is 0 Å². The molecule has 0 aliphatic heterocycles. The van der Waals surface area contributed by atoms with E-state index in [4.69, 9.17) is 11.6 Å². The summed E-state index contributed by atoms with van der Waals surface area (Å²) in [6, 6.07) is 6.09. The van der Waals surface area contributed by atoms with Crippen molar-refractivity contribution in [1.82, 2.24) is 19.5 Å². The molecular formula is C24H20ClF3N4O2. The smallest absolute Gasteiger partial charge is 0.417 e. The molecule has 10 heteroatoms. The second-order valence-corrected chi connectivity index (χ2v) is 8.31. The molecule has 0 atom stereocenters. The number of alkyl halides is 3. The van der Waals surface area contributed by atoms with Crippen molar-refractivity contribution in [2.75, 3.05) is 0 Å². The van der Waals surface area contributed by atoms with Gasteiger partial charge in [-0.1, -0.05) is 18.5 Å². The number of halogens is 4. The summed E-state index contributed by atoms with van der Waals surface area (Å²) >= 11 is 6.14. The normalized spacial score (nSPS) is 11.9. The van der Waals surface area contributed by atoms with Crippen molar-refractivity contribution < 1.29 is 23.1 Å². The number of aryl methyl sites for hydroxylation is 2. The van der Waals surface area contributed by atoms with E-state index in [1.807, 2.05) is 30.5 Å². The highest BCUT2D eigenvalue weighted by atomic mass is 35.5. The number of carboxylic acid groups (broad SMARTS) is 1. The first kappa shape index (κ1) is 23.7. The largest absolute Gasteiger partial charge is 0.478 e. The van der Waals surface area contributed by atoms with Gasteiger partial charge in [-0.2, -0.15) is 13.2 Å². The molecule has 1 N–H and O–H groups in total. The fourth-order valence-electron chi connectivity index (χ4n) is 4.03. The van der Waals surface area contributed by atoms with Gasteiger partial charge in [-0.05, 0) is 55.7 Å². The van der Waals surface area contributed by atoms with Gasteiger partial charge in [-0.15, -0.1) is 0 Å². The quantitative estimate of drug-likeness (QED) is 0.367. The molecule has 0 unspecified atom stereocenters. The molecule has 0 saturated carbocycles. The van der Waals surface area contributed by atoms with Crippen LogP contribution in [0.5, 0.6) is 0 Å². The number of carbonyl (C=O) groups is 1. The molecule has 0 fully saturated rings. The van der Waals surface area contributed by atoms with E-state index >= 15 is 0 Å². The zero-order chi connectivity index (χ0) is 24.8. The van der Waals surface area contributed by atoms with Crippen LogP contribution in [0, 0.1) is 13.8 Å². The number of aromatic carboxylic acids is 1. The number of pyridine rings is 2. The van der Waals surface area contributed by atoms with Crippen molar-refractivity contribution in [3.8, 4) is 11.3 Å². The third-order valence-corrected chi connectivity index (χ3v) is 6.03. The second kappa shape index (κ2) is 8.72. The molecule has 176 valence electrons. The van der Waals surface area contributed by atoms with E-state index in [-0.39, 0.29) is 22.8 Å². The minimum atomic E-state index is -4.53. The van der Waals surface area contributed by atoms with Crippen LogP contribution < -0.4 is 0 Å². The molecule has 0 radical (unpaired) electrons. The monoisotopic (exact) mass is 488 g/mol. The summed E-state index contributed by atoms with van der Waals surface area (Å²) in [4.78, 5) is 24.7. The van der Waals surface area contributed by atoms with E-state index in [1.54, 1.807) is 6.92 Å². The van der Waals surface area contributed by atoms with Crippen molar-refractivity contribution in [1.29, 1.82) is 0 Å². The van der Waals surface area contributed by atoms with Crippen LogP contribution in [0.1, 0.15) is 45.5 Å². The molecule has 0 bridgehead atoms. The van der Waals surface area contributed by atoms with E-state index in [0.29, 0.717) is 23.5 Å². The van der Waals surface area contributed by atoms with E-state index < -0.39 is 17.7 Å². The van der Waals surface area contributed by atoms with E-state index in [9.17, 15) is 23.1 Å². The maximum atomic E-state index is 13.0. The standard InChI is InChI=1S/C24H20ClF3N4O2/c1-4-16-17(23(33)34)5-6-29-22(16)14-7-12(2)21-20(8-14)32(13(3)31-21)11-19-18(25)9-15(10-30-19)24(26,27)28/h5-10H,4,11H2,1-3H3,(H,33,34). The van der Waals surface area contributed by atoms with E-state index in [2.05, 4.69) is 15.0 Å². The van der Waals surface area contributed by atoms with Crippen LogP contribution in [-0.2, 0) is 19.1 Å². The molecule has 6 nitrogen and oxygen atoms in total. The fourth-order valence-corrected chi connectivity index (χ4v) is 4.26. The van der Waals surface area contributed by atoms with Gasteiger partial charge >= 0.3 is 12.1 Å². The zero-order valence-electron chi connectivity index (χ0n) is 18.5. The summed E-state index contributed by atoms with van der Waals surface area (Å²) in [5.74, 6) is -0.391. The number of hydrogen-bond acceptors (Lipinski definition) is 4. The minimum Gasteiger partial charge on any atom is -0.478 e. The predicted molar refractivity (Wildman–Crippen MR) is 122 cm³/mol. The lowest BCUT2D eigenvalue weighted by atomic mass is 9.97. The van der Waals surface area contributed by atoms with Crippen LogP contribution in [0.3, 0.4) is 0 Å². The van der Waals surface area contributed by atoms with Gasteiger partial charge < -0.3 is 9.67 Å². The molecule has 34 heavy (non-hydrogen) atoms. The molecule has 4 aromatic rings. The molecule has 4 rings (SSSR count). The first-order valence-electron chi connectivity index (χ1n) is 10.4. The Morgan fingerprint density at radius 2 is 1.91 bits per heavy atom. The first-order chi connectivity index (χ1) is 16.0. The average molecular weight is 489 g/mol. The summed E-state index contributed by atoms with van der Waals surface area (Å²) in [6.45, 7) is 5.66. The summed E-state index contributed by atoms with van der Waals surface area (Å²) in [5.41, 5.74) is 3.74. The number of benzene rings is 1. The van der Waals surface area contributed by atoms with Crippen molar-refractivity contribution >= 4 is 28.6 Å². The number of hydrogen-bond donors (Lipinski definition) is 1. The Morgan fingerprint density at radius 3 is 2.53 bits per heavy atom. The lowest BCUT2D eigenvalue weighted by Crippen LogP contribution is -2.09. The number of aromatic nitrogens is 4. The maximum absolute atomic E-state index is 13.0. The van der Waals surface area contributed by atoms with Gasteiger partial charge in [0.05, 0.1) is 45.1 Å². The summed E-state index contributed by atoms with van der Waals surface area (Å²) < 4.78 is 40.8. The number of nitrogens with zero attached hydrogens (tertiary/aromatic N) is 4. The molecule has 1 aromatic carbocycles. The van der Waals surface area contributed by atoms with Crippen LogP contribution >= 0.6 is 11.6 Å². The highest BCUT2D eigenvalue weighted by Gasteiger charge is 2.31. The van der Waals surface area contributed by atoms with Gasteiger partial charge in [0.15, 0.2) is 0 Å². The molecule has 0 amide bonds. The molecule has 0 aliphatic carbocycles. The van der Waals surface area contributed by atoms with Crippen molar-refractivity contribution in [2.24, 2.45) is 0 Å². The second-order valence-electron chi connectivity index (χ2n) is 7.90. The molecular weight excluding hydrogens is 469 g/mol. The summed E-state index contributed by atoms with van der Waals surface area (Å²) in [5, 5.41) is 9.48. The van der Waals surface area contributed by atoms with Crippen LogP contribution in [0.15, 0.2) is 36.7 Å². The molecule has 3 heterocycles. The Labute approximate surface area is 198 Å².